The minimum absolute atomic E-state index is 0.288. The molecule has 0 saturated heterocycles. The molecule has 0 bridgehead atoms. The molecule has 94 valence electrons. The molecule has 0 radical (unpaired) electrons. The molecule has 1 rings (SSSR count). The lowest BCUT2D eigenvalue weighted by molar-refractivity contribution is -0.136. The topological polar surface area (TPSA) is 49.3 Å². The number of rotatable bonds is 4. The predicted molar refractivity (Wildman–Crippen MR) is 67.1 cm³/mol. The van der Waals surface area contributed by atoms with E-state index >= 15 is 0 Å². The van der Waals surface area contributed by atoms with E-state index in [1.165, 1.54) is 19.9 Å². The van der Waals surface area contributed by atoms with Crippen LogP contribution in [0.4, 0.5) is 4.39 Å². The summed E-state index contributed by atoms with van der Waals surface area (Å²) in [5.74, 6) is -0.765. The third-order valence-electron chi connectivity index (χ3n) is 2.24. The number of halogens is 2. The van der Waals surface area contributed by atoms with E-state index < -0.39 is 11.5 Å². The highest BCUT2D eigenvalue weighted by Gasteiger charge is 2.22. The van der Waals surface area contributed by atoms with Crippen LogP contribution < -0.4 is 5.32 Å². The number of nitrogens with one attached hydrogen (secondary N) is 1. The zero-order valence-electron chi connectivity index (χ0n) is 9.76. The van der Waals surface area contributed by atoms with Crippen LogP contribution in [0.1, 0.15) is 19.4 Å². The molecule has 5 heteroatoms. The SMILES string of the molecule is CC(C)(O)C(=O)NCCc1cc(Br)ccc1F. The maximum absolute atomic E-state index is 13.3. The summed E-state index contributed by atoms with van der Waals surface area (Å²) >= 11 is 3.25. The molecule has 0 aliphatic rings. The van der Waals surface area contributed by atoms with Gasteiger partial charge >= 0.3 is 0 Å². The number of hydrogen-bond donors (Lipinski definition) is 2. The summed E-state index contributed by atoms with van der Waals surface area (Å²) in [6, 6.07) is 4.66. The third-order valence-corrected chi connectivity index (χ3v) is 2.74. The molecule has 0 aromatic heterocycles. The monoisotopic (exact) mass is 303 g/mol. The van der Waals surface area contributed by atoms with Gasteiger partial charge in [-0.05, 0) is 44.0 Å². The average molecular weight is 304 g/mol. The Bertz CT molecular complexity index is 415. The zero-order chi connectivity index (χ0) is 13.1. The largest absolute Gasteiger partial charge is 0.381 e. The van der Waals surface area contributed by atoms with Crippen molar-refractivity contribution < 1.29 is 14.3 Å². The standard InChI is InChI=1S/C12H15BrFNO2/c1-12(2,17)11(16)15-6-5-8-7-9(13)3-4-10(8)14/h3-4,7,17H,5-6H2,1-2H3,(H,15,16). The van der Waals surface area contributed by atoms with Gasteiger partial charge in [0.1, 0.15) is 11.4 Å². The van der Waals surface area contributed by atoms with Gasteiger partial charge < -0.3 is 10.4 Å². The predicted octanol–water partition coefficient (Wildman–Crippen LogP) is 2.02. The smallest absolute Gasteiger partial charge is 0.251 e. The van der Waals surface area contributed by atoms with Gasteiger partial charge in [0.2, 0.25) is 0 Å². The Balaban J connectivity index is 2.52. The molecule has 1 amide bonds. The van der Waals surface area contributed by atoms with Crippen molar-refractivity contribution in [2.75, 3.05) is 6.54 Å². The molecule has 0 fully saturated rings. The van der Waals surface area contributed by atoms with E-state index in [1.54, 1.807) is 12.1 Å². The normalized spacial score (nSPS) is 11.4. The van der Waals surface area contributed by atoms with Gasteiger partial charge in [-0.15, -0.1) is 0 Å². The second-order valence-electron chi connectivity index (χ2n) is 4.30. The van der Waals surface area contributed by atoms with Gasteiger partial charge in [0.05, 0.1) is 0 Å². The summed E-state index contributed by atoms with van der Waals surface area (Å²) in [6.45, 7) is 3.10. The number of carbonyl (C=O) groups excluding carboxylic acids is 1. The van der Waals surface area contributed by atoms with Crippen LogP contribution in [0.3, 0.4) is 0 Å². The van der Waals surface area contributed by atoms with Crippen molar-refractivity contribution in [2.24, 2.45) is 0 Å². The number of hydrogen-bond acceptors (Lipinski definition) is 2. The van der Waals surface area contributed by atoms with E-state index in [-0.39, 0.29) is 12.4 Å². The summed E-state index contributed by atoms with van der Waals surface area (Å²) in [5, 5.41) is 11.9. The lowest BCUT2D eigenvalue weighted by Gasteiger charge is -2.16. The molecule has 1 aromatic rings. The van der Waals surface area contributed by atoms with Crippen LogP contribution in [0, 0.1) is 5.82 Å². The molecular formula is C12H15BrFNO2. The molecule has 0 aliphatic heterocycles. The number of amides is 1. The van der Waals surface area contributed by atoms with Gasteiger partial charge in [0.25, 0.3) is 5.91 Å². The Morgan fingerprint density at radius 3 is 2.76 bits per heavy atom. The summed E-state index contributed by atoms with van der Waals surface area (Å²) in [7, 11) is 0. The molecule has 3 nitrogen and oxygen atoms in total. The van der Waals surface area contributed by atoms with Gasteiger partial charge in [-0.3, -0.25) is 4.79 Å². The Morgan fingerprint density at radius 2 is 2.18 bits per heavy atom. The molecule has 2 N–H and O–H groups in total. The molecule has 0 aliphatic carbocycles. The second-order valence-corrected chi connectivity index (χ2v) is 5.22. The van der Waals surface area contributed by atoms with E-state index in [4.69, 9.17) is 0 Å². The molecule has 0 spiro atoms. The van der Waals surface area contributed by atoms with Crippen molar-refractivity contribution in [3.05, 3.63) is 34.1 Å². The van der Waals surface area contributed by atoms with Crippen LogP contribution >= 0.6 is 15.9 Å². The van der Waals surface area contributed by atoms with Gasteiger partial charge in [0.15, 0.2) is 0 Å². The number of benzene rings is 1. The first-order valence-corrected chi connectivity index (χ1v) is 6.04. The van der Waals surface area contributed by atoms with E-state index in [0.29, 0.717) is 12.0 Å². The van der Waals surface area contributed by atoms with Crippen LogP contribution in [-0.2, 0) is 11.2 Å². The quantitative estimate of drug-likeness (QED) is 0.894. The summed E-state index contributed by atoms with van der Waals surface area (Å²) in [6.07, 6.45) is 0.382. The summed E-state index contributed by atoms with van der Waals surface area (Å²) in [5.41, 5.74) is -0.883. The van der Waals surface area contributed by atoms with Crippen LogP contribution in [0.15, 0.2) is 22.7 Å². The minimum atomic E-state index is -1.41. The van der Waals surface area contributed by atoms with E-state index in [0.717, 1.165) is 4.47 Å². The Kier molecular flexibility index (Phi) is 4.65. The van der Waals surface area contributed by atoms with Crippen molar-refractivity contribution >= 4 is 21.8 Å². The lowest BCUT2D eigenvalue weighted by atomic mass is 10.1. The molecule has 0 atom stereocenters. The maximum Gasteiger partial charge on any atom is 0.251 e. The number of carbonyl (C=O) groups is 1. The molecule has 1 aromatic carbocycles. The lowest BCUT2D eigenvalue weighted by Crippen LogP contribution is -2.42. The number of aliphatic hydroxyl groups is 1. The molecule has 0 unspecified atom stereocenters. The Hall–Kier alpha value is -0.940. The van der Waals surface area contributed by atoms with Gasteiger partial charge in [-0.1, -0.05) is 15.9 Å². The fraction of sp³-hybridized carbons (Fsp3) is 0.417. The first kappa shape index (κ1) is 14.1. The van der Waals surface area contributed by atoms with Gasteiger partial charge in [-0.25, -0.2) is 4.39 Å². The maximum atomic E-state index is 13.3. The van der Waals surface area contributed by atoms with Crippen molar-refractivity contribution in [1.29, 1.82) is 0 Å². The molecule has 17 heavy (non-hydrogen) atoms. The molecule has 0 heterocycles. The highest BCUT2D eigenvalue weighted by atomic mass is 79.9. The first-order valence-electron chi connectivity index (χ1n) is 5.25. The van der Waals surface area contributed by atoms with Crippen LogP contribution in [0.2, 0.25) is 0 Å². The van der Waals surface area contributed by atoms with E-state index in [1.807, 2.05) is 0 Å². The Morgan fingerprint density at radius 1 is 1.53 bits per heavy atom. The van der Waals surface area contributed by atoms with Crippen molar-refractivity contribution in [1.82, 2.24) is 5.32 Å². The van der Waals surface area contributed by atoms with Crippen LogP contribution in [-0.4, -0.2) is 23.2 Å². The Labute approximate surface area is 108 Å². The molecule has 0 saturated carbocycles. The fourth-order valence-electron chi connectivity index (χ4n) is 1.26. The fourth-order valence-corrected chi connectivity index (χ4v) is 1.67. The minimum Gasteiger partial charge on any atom is -0.381 e. The highest BCUT2D eigenvalue weighted by molar-refractivity contribution is 9.10. The van der Waals surface area contributed by atoms with E-state index in [9.17, 15) is 14.3 Å². The van der Waals surface area contributed by atoms with Crippen molar-refractivity contribution in [2.45, 2.75) is 25.9 Å². The van der Waals surface area contributed by atoms with Crippen LogP contribution in [0.5, 0.6) is 0 Å². The highest BCUT2D eigenvalue weighted by Crippen LogP contribution is 2.15. The summed E-state index contributed by atoms with van der Waals surface area (Å²) < 4.78 is 14.1. The molecular weight excluding hydrogens is 289 g/mol. The first-order chi connectivity index (χ1) is 7.80. The third kappa shape index (κ3) is 4.44. The van der Waals surface area contributed by atoms with Crippen LogP contribution in [0.25, 0.3) is 0 Å². The zero-order valence-corrected chi connectivity index (χ0v) is 11.3. The van der Waals surface area contributed by atoms with E-state index in [2.05, 4.69) is 21.2 Å². The van der Waals surface area contributed by atoms with Gasteiger partial charge in [-0.2, -0.15) is 0 Å². The van der Waals surface area contributed by atoms with Crippen molar-refractivity contribution in [3.8, 4) is 0 Å². The van der Waals surface area contributed by atoms with Crippen molar-refractivity contribution in [3.63, 3.8) is 0 Å². The summed E-state index contributed by atoms with van der Waals surface area (Å²) in [4.78, 5) is 11.3. The van der Waals surface area contributed by atoms with Gasteiger partial charge in [0, 0.05) is 11.0 Å². The second kappa shape index (κ2) is 5.60. The average Bonchev–Trinajstić information content (AvgIpc) is 2.21.